The van der Waals surface area contributed by atoms with Gasteiger partial charge < -0.3 is 49.4 Å². The number of hydrogen-bond donors (Lipinski definition) is 5. The molecule has 7 atom stereocenters. The quantitative estimate of drug-likeness (QED) is 0.165. The topological polar surface area (TPSA) is 227 Å². The highest BCUT2D eigenvalue weighted by molar-refractivity contribution is 5.86. The summed E-state index contributed by atoms with van der Waals surface area (Å²) in [6.07, 6.45) is -6.16. The van der Waals surface area contributed by atoms with Gasteiger partial charge in [0.15, 0.2) is 29.8 Å². The molecule has 232 valence electrons. The maximum atomic E-state index is 12.9. The molecule has 1 aromatic rings. The number of hydrogen-bond acceptors (Lipinski definition) is 13. The fraction of sp³-hybridized carbons (Fsp3) is 0.536. The Morgan fingerprint density at radius 1 is 1.12 bits per heavy atom. The van der Waals surface area contributed by atoms with E-state index in [0.717, 1.165) is 12.5 Å². The number of piperidine rings is 1. The van der Waals surface area contributed by atoms with Gasteiger partial charge >= 0.3 is 29.8 Å². The Kier molecular flexibility index (Phi) is 7.61. The molecule has 0 amide bonds. The molecule has 0 saturated carbocycles. The van der Waals surface area contributed by atoms with E-state index in [2.05, 4.69) is 9.64 Å². The Labute approximate surface area is 244 Å². The number of aliphatic hydroxyl groups excluding tert-OH is 1. The molecule has 15 heteroatoms. The highest BCUT2D eigenvalue weighted by Gasteiger charge is 2.72. The van der Waals surface area contributed by atoms with Crippen LogP contribution in [0, 0.1) is 0 Å². The molecule has 0 radical (unpaired) electrons. The van der Waals surface area contributed by atoms with Crippen LogP contribution in [0.1, 0.15) is 43.7 Å². The molecule has 5 N–H and O–H groups in total. The molecular formula is C28H31NO14. The molecule has 1 saturated heterocycles. The number of carboxylic acid groups (broad SMARTS) is 2. The van der Waals surface area contributed by atoms with Gasteiger partial charge in [-0.1, -0.05) is 6.07 Å². The molecule has 0 unspecified atom stereocenters. The Bertz CT molecular complexity index is 1420. The molecule has 43 heavy (non-hydrogen) atoms. The first kappa shape index (κ1) is 30.3. The number of benzene rings is 1. The molecule has 2 heterocycles. The van der Waals surface area contributed by atoms with E-state index in [-0.39, 0.29) is 29.7 Å². The van der Waals surface area contributed by atoms with Gasteiger partial charge in [-0.15, -0.1) is 0 Å². The second-order valence-electron chi connectivity index (χ2n) is 11.2. The summed E-state index contributed by atoms with van der Waals surface area (Å²) in [4.78, 5) is 61.2. The SMILES string of the molecule is C[C@H](OC(=O)C[C@H](O)C(=O)OC1=CC[C@@]2(O)[C@@H]3Cc4ccc(O)c5c4[C@@]2(CCN3C)[C@H]1O5)C(=O)O[C@H](CC(=O)O)C(=O)O. The predicted molar refractivity (Wildman–Crippen MR) is 139 cm³/mol. The number of carbonyl (C=O) groups excluding carboxylic acids is 3. The van der Waals surface area contributed by atoms with Crippen LogP contribution in [0.15, 0.2) is 24.0 Å². The lowest BCUT2D eigenvalue weighted by molar-refractivity contribution is -0.179. The lowest BCUT2D eigenvalue weighted by atomic mass is 9.50. The number of phenols is 1. The number of aromatic hydroxyl groups is 1. The Morgan fingerprint density at radius 3 is 2.51 bits per heavy atom. The number of nitrogens with zero attached hydrogens (tertiary/aromatic N) is 1. The standard InChI is InChI=1S/C28H31NO14/c1-12(25(37)42-17(24(35)36)11-19(32)33)40-20(34)10-15(31)26(38)41-16-5-6-28(39)18-9-13-3-4-14(30)22-21(13)27(28,23(16)43-22)7-8-29(18)2/h3-5,12,15,17-18,23,30-31,39H,6-11H2,1-2H3,(H,32,33)(H,35,36)/t12-,15-,17+,18-,23-,27-,28+/m0/s1. The minimum absolute atomic E-state index is 0.00364. The third-order valence-corrected chi connectivity index (χ3v) is 8.74. The summed E-state index contributed by atoms with van der Waals surface area (Å²) in [5.41, 5.74) is -0.768. The third kappa shape index (κ3) is 4.86. The van der Waals surface area contributed by atoms with Crippen molar-refractivity contribution in [2.45, 2.75) is 80.5 Å². The molecule has 2 aliphatic heterocycles. The predicted octanol–water partition coefficient (Wildman–Crippen LogP) is -0.633. The maximum Gasteiger partial charge on any atom is 0.348 e. The van der Waals surface area contributed by atoms with E-state index in [1.54, 1.807) is 6.07 Å². The summed E-state index contributed by atoms with van der Waals surface area (Å²) >= 11 is 0. The smallest absolute Gasteiger partial charge is 0.348 e. The van der Waals surface area contributed by atoms with Gasteiger partial charge in [0.25, 0.3) is 0 Å². The summed E-state index contributed by atoms with van der Waals surface area (Å²) in [6, 6.07) is 3.03. The van der Waals surface area contributed by atoms with E-state index >= 15 is 0 Å². The monoisotopic (exact) mass is 605 g/mol. The van der Waals surface area contributed by atoms with E-state index in [1.165, 1.54) is 12.1 Å². The molecule has 2 bridgehead atoms. The van der Waals surface area contributed by atoms with Crippen molar-refractivity contribution >= 4 is 29.8 Å². The normalized spacial score (nSPS) is 28.7. The van der Waals surface area contributed by atoms with Gasteiger partial charge in [0.05, 0.1) is 23.9 Å². The lowest BCUT2D eigenvalue weighted by Crippen LogP contribution is -2.74. The first-order valence-corrected chi connectivity index (χ1v) is 13.6. The van der Waals surface area contributed by atoms with Crippen LogP contribution in [-0.2, 0) is 50.0 Å². The second kappa shape index (κ2) is 10.8. The zero-order valence-corrected chi connectivity index (χ0v) is 23.2. The minimum Gasteiger partial charge on any atom is -0.504 e. The Morgan fingerprint density at radius 2 is 1.84 bits per heavy atom. The van der Waals surface area contributed by atoms with Gasteiger partial charge in [-0.2, -0.15) is 0 Å². The van der Waals surface area contributed by atoms with Crippen LogP contribution in [0.25, 0.3) is 0 Å². The number of esters is 3. The molecule has 1 fully saturated rings. The van der Waals surface area contributed by atoms with Gasteiger partial charge in [0.1, 0.15) is 5.76 Å². The van der Waals surface area contributed by atoms with Gasteiger partial charge in [-0.05, 0) is 51.1 Å². The van der Waals surface area contributed by atoms with Gasteiger partial charge in [0.2, 0.25) is 6.10 Å². The van der Waals surface area contributed by atoms with Crippen molar-refractivity contribution in [3.05, 3.63) is 35.1 Å². The maximum absolute atomic E-state index is 12.9. The summed E-state index contributed by atoms with van der Waals surface area (Å²) in [7, 11) is 1.92. The average molecular weight is 606 g/mol. The van der Waals surface area contributed by atoms with Gasteiger partial charge in [0, 0.05) is 18.0 Å². The van der Waals surface area contributed by atoms with E-state index in [4.69, 9.17) is 24.4 Å². The molecule has 2 aliphatic carbocycles. The summed E-state index contributed by atoms with van der Waals surface area (Å²) in [5, 5.41) is 50.9. The number of carbonyl (C=O) groups is 5. The fourth-order valence-corrected chi connectivity index (χ4v) is 6.73. The van der Waals surface area contributed by atoms with Crippen LogP contribution in [0.4, 0.5) is 0 Å². The summed E-state index contributed by atoms with van der Waals surface area (Å²) in [5.74, 6) is -6.98. The summed E-state index contributed by atoms with van der Waals surface area (Å²) < 4.78 is 21.0. The molecular weight excluding hydrogens is 574 g/mol. The molecule has 4 aliphatic rings. The zero-order chi connectivity index (χ0) is 31.4. The molecule has 5 rings (SSSR count). The van der Waals surface area contributed by atoms with Crippen molar-refractivity contribution in [1.82, 2.24) is 4.90 Å². The number of aliphatic hydroxyl groups is 2. The highest BCUT2D eigenvalue weighted by atomic mass is 16.6. The largest absolute Gasteiger partial charge is 0.504 e. The first-order valence-electron chi connectivity index (χ1n) is 13.6. The minimum atomic E-state index is -2.04. The molecule has 1 aromatic carbocycles. The Balaban J connectivity index is 1.26. The average Bonchev–Trinajstić information content (AvgIpc) is 3.29. The van der Waals surface area contributed by atoms with Crippen molar-refractivity contribution in [2.24, 2.45) is 0 Å². The van der Waals surface area contributed by atoms with Crippen molar-refractivity contribution in [2.75, 3.05) is 13.6 Å². The number of phenolic OH excluding ortho intramolecular Hbond substituents is 1. The number of ether oxygens (including phenoxy) is 4. The zero-order valence-electron chi connectivity index (χ0n) is 23.2. The molecule has 15 nitrogen and oxygen atoms in total. The van der Waals surface area contributed by atoms with E-state index < -0.39 is 78.1 Å². The molecule has 0 aromatic heterocycles. The number of aliphatic carboxylic acids is 2. The van der Waals surface area contributed by atoms with Crippen LogP contribution in [-0.4, -0.2) is 110 Å². The van der Waals surface area contributed by atoms with Crippen molar-refractivity contribution in [1.29, 1.82) is 0 Å². The second-order valence-corrected chi connectivity index (χ2v) is 11.2. The van der Waals surface area contributed by atoms with E-state index in [1.807, 2.05) is 7.05 Å². The van der Waals surface area contributed by atoms with Crippen molar-refractivity contribution in [3.8, 4) is 11.5 Å². The van der Waals surface area contributed by atoms with Gasteiger partial charge in [-0.25, -0.2) is 14.4 Å². The number of rotatable bonds is 10. The Hall–Kier alpha value is -4.21. The number of likely N-dealkylation sites (N-methyl/N-ethyl adjacent to an activating group) is 1. The lowest BCUT2D eigenvalue weighted by Gasteiger charge is -2.61. The van der Waals surface area contributed by atoms with Crippen LogP contribution in [0.5, 0.6) is 11.5 Å². The first-order chi connectivity index (χ1) is 20.2. The van der Waals surface area contributed by atoms with E-state index in [9.17, 15) is 39.3 Å². The highest BCUT2D eigenvalue weighted by Crippen LogP contribution is 2.65. The third-order valence-electron chi connectivity index (χ3n) is 8.74. The number of carboxylic acids is 2. The van der Waals surface area contributed by atoms with Crippen LogP contribution in [0.3, 0.4) is 0 Å². The fourth-order valence-electron chi connectivity index (χ4n) is 6.73. The van der Waals surface area contributed by atoms with Crippen LogP contribution < -0.4 is 4.74 Å². The molecule has 1 spiro atoms. The van der Waals surface area contributed by atoms with Crippen molar-refractivity contribution < 1.29 is 68.5 Å². The van der Waals surface area contributed by atoms with Gasteiger partial charge in [-0.3, -0.25) is 9.59 Å². The van der Waals surface area contributed by atoms with Crippen LogP contribution in [0.2, 0.25) is 0 Å². The number of likely N-dealkylation sites (tertiary alicyclic amines) is 1. The summed E-state index contributed by atoms with van der Waals surface area (Å²) in [6.45, 7) is 1.64. The van der Waals surface area contributed by atoms with E-state index in [0.29, 0.717) is 24.9 Å². The van der Waals surface area contributed by atoms with Crippen molar-refractivity contribution in [3.63, 3.8) is 0 Å². The van der Waals surface area contributed by atoms with Crippen LogP contribution >= 0.6 is 0 Å².